The van der Waals surface area contributed by atoms with Crippen LogP contribution in [-0.2, 0) is 14.3 Å². The number of esters is 1. The van der Waals surface area contributed by atoms with Crippen molar-refractivity contribution in [2.45, 2.75) is 19.8 Å². The lowest BCUT2D eigenvalue weighted by atomic mass is 10.4. The number of aliphatic hydroxyl groups is 1. The van der Waals surface area contributed by atoms with Crippen LogP contribution in [0.25, 0.3) is 0 Å². The molecule has 0 amide bonds. The van der Waals surface area contributed by atoms with Crippen LogP contribution in [0.3, 0.4) is 0 Å². The van der Waals surface area contributed by atoms with Crippen molar-refractivity contribution >= 4 is 24.6 Å². The molecule has 6 heteroatoms. The van der Waals surface area contributed by atoms with Gasteiger partial charge in [-0.1, -0.05) is 13.3 Å². The molecule has 0 rings (SSSR count). The van der Waals surface area contributed by atoms with E-state index in [9.17, 15) is 4.79 Å². The first-order valence-corrected chi connectivity index (χ1v) is 4.80. The van der Waals surface area contributed by atoms with E-state index < -0.39 is 12.6 Å². The van der Waals surface area contributed by atoms with E-state index in [1.54, 1.807) is 0 Å². The lowest BCUT2D eigenvalue weighted by Crippen LogP contribution is -2.06. The fraction of sp³-hybridized carbons (Fsp3) is 0.750. The van der Waals surface area contributed by atoms with E-state index in [0.29, 0.717) is 6.61 Å². The Labute approximate surface area is 88.5 Å². The number of carboxylic acids is 1. The van der Waals surface area contributed by atoms with Crippen molar-refractivity contribution < 1.29 is 24.5 Å². The number of rotatable bonds is 5. The highest BCUT2D eigenvalue weighted by molar-refractivity contribution is 7.81. The third kappa shape index (κ3) is 17.4. The van der Waals surface area contributed by atoms with Gasteiger partial charge in [0.15, 0.2) is 0 Å². The number of unbranched alkanes of at least 4 members (excludes halogenated alkanes) is 1. The molecule has 0 aromatic carbocycles. The van der Waals surface area contributed by atoms with Gasteiger partial charge in [-0.05, 0) is 6.42 Å². The van der Waals surface area contributed by atoms with Crippen LogP contribution in [0.5, 0.6) is 0 Å². The van der Waals surface area contributed by atoms with E-state index in [-0.39, 0.29) is 11.7 Å². The van der Waals surface area contributed by atoms with Crippen molar-refractivity contribution in [3.63, 3.8) is 0 Å². The van der Waals surface area contributed by atoms with E-state index in [1.165, 1.54) is 0 Å². The van der Waals surface area contributed by atoms with Crippen LogP contribution in [-0.4, -0.2) is 41.1 Å². The van der Waals surface area contributed by atoms with Gasteiger partial charge in [0.1, 0.15) is 6.61 Å². The summed E-state index contributed by atoms with van der Waals surface area (Å²) in [5.74, 6) is -1.24. The highest BCUT2D eigenvalue weighted by Crippen LogP contribution is 1.89. The van der Waals surface area contributed by atoms with Crippen LogP contribution in [0.1, 0.15) is 19.8 Å². The van der Waals surface area contributed by atoms with Gasteiger partial charge in [-0.15, -0.1) is 0 Å². The number of ether oxygens (including phenoxy) is 1. The smallest absolute Gasteiger partial charge is 0.329 e. The summed E-state index contributed by atoms with van der Waals surface area (Å²) in [5.41, 5.74) is 0. The summed E-state index contributed by atoms with van der Waals surface area (Å²) in [6.45, 7) is 1.81. The standard InChI is InChI=1S/C6H12O2S.C2H4O3/c1-2-3-4-8-6(7)5-9;3-1-2(4)5/h9H,2-5H2,1H3;3H,1H2,(H,4,5). The number of aliphatic hydroxyl groups excluding tert-OH is 1. The average molecular weight is 224 g/mol. The van der Waals surface area contributed by atoms with Gasteiger partial charge in [0.05, 0.1) is 12.4 Å². The summed E-state index contributed by atoms with van der Waals surface area (Å²) < 4.78 is 4.72. The van der Waals surface area contributed by atoms with Crippen LogP contribution < -0.4 is 0 Å². The van der Waals surface area contributed by atoms with Crippen molar-refractivity contribution in [2.75, 3.05) is 19.0 Å². The molecule has 0 heterocycles. The Morgan fingerprint density at radius 1 is 1.43 bits per heavy atom. The molecule has 14 heavy (non-hydrogen) atoms. The number of thiol groups is 1. The van der Waals surface area contributed by atoms with Crippen molar-refractivity contribution in [1.82, 2.24) is 0 Å². The second kappa shape index (κ2) is 12.2. The zero-order chi connectivity index (χ0) is 11.4. The number of aliphatic carboxylic acids is 1. The maximum absolute atomic E-state index is 10.4. The molecular formula is C8H16O5S. The molecule has 0 aliphatic rings. The van der Waals surface area contributed by atoms with Crippen molar-refractivity contribution in [2.24, 2.45) is 0 Å². The average Bonchev–Trinajstić information content (AvgIpc) is 2.19. The molecule has 5 nitrogen and oxygen atoms in total. The summed E-state index contributed by atoms with van der Waals surface area (Å²) in [4.78, 5) is 19.5. The first kappa shape index (κ1) is 15.7. The Balaban J connectivity index is 0. The molecule has 0 saturated carbocycles. The van der Waals surface area contributed by atoms with Gasteiger partial charge in [-0.25, -0.2) is 4.79 Å². The summed E-state index contributed by atoms with van der Waals surface area (Å²) in [7, 11) is 0. The van der Waals surface area contributed by atoms with Gasteiger partial charge in [0.25, 0.3) is 0 Å². The molecular weight excluding hydrogens is 208 g/mol. The minimum Gasteiger partial charge on any atom is -0.480 e. The van der Waals surface area contributed by atoms with Crippen molar-refractivity contribution in [1.29, 1.82) is 0 Å². The molecule has 0 fully saturated rings. The van der Waals surface area contributed by atoms with Crippen molar-refractivity contribution in [3.8, 4) is 0 Å². The van der Waals surface area contributed by atoms with E-state index in [0.717, 1.165) is 12.8 Å². The van der Waals surface area contributed by atoms with Crippen LogP contribution in [0.2, 0.25) is 0 Å². The third-order valence-electron chi connectivity index (χ3n) is 1.03. The zero-order valence-corrected chi connectivity index (χ0v) is 9.00. The van der Waals surface area contributed by atoms with E-state index in [2.05, 4.69) is 19.6 Å². The van der Waals surface area contributed by atoms with Crippen LogP contribution in [0.15, 0.2) is 0 Å². The number of hydrogen-bond acceptors (Lipinski definition) is 5. The second-order valence-electron chi connectivity index (χ2n) is 2.28. The summed E-state index contributed by atoms with van der Waals surface area (Å²) in [5, 5.41) is 15.0. The summed E-state index contributed by atoms with van der Waals surface area (Å²) >= 11 is 3.74. The summed E-state index contributed by atoms with van der Waals surface area (Å²) in [6, 6.07) is 0. The normalized spacial score (nSPS) is 8.50. The largest absolute Gasteiger partial charge is 0.480 e. The van der Waals surface area contributed by atoms with Crippen LogP contribution in [0, 0.1) is 0 Å². The minimum atomic E-state index is -1.19. The lowest BCUT2D eigenvalue weighted by molar-refractivity contribution is -0.141. The van der Waals surface area contributed by atoms with E-state index in [4.69, 9.17) is 19.7 Å². The van der Waals surface area contributed by atoms with E-state index in [1.807, 2.05) is 0 Å². The highest BCUT2D eigenvalue weighted by atomic mass is 32.1. The number of carbonyl (C=O) groups excluding carboxylic acids is 1. The van der Waals surface area contributed by atoms with Crippen molar-refractivity contribution in [3.05, 3.63) is 0 Å². The molecule has 0 aromatic heterocycles. The monoisotopic (exact) mass is 224 g/mol. The molecule has 0 aliphatic carbocycles. The Kier molecular flexibility index (Phi) is 13.7. The Morgan fingerprint density at radius 3 is 2.21 bits per heavy atom. The molecule has 0 aliphatic heterocycles. The predicted molar refractivity (Wildman–Crippen MR) is 54.4 cm³/mol. The van der Waals surface area contributed by atoms with Crippen LogP contribution >= 0.6 is 12.6 Å². The molecule has 0 saturated heterocycles. The number of hydrogen-bond donors (Lipinski definition) is 3. The molecule has 0 unspecified atom stereocenters. The lowest BCUT2D eigenvalue weighted by Gasteiger charge is -1.98. The SMILES string of the molecule is CCCCOC(=O)CS.O=C(O)CO. The number of carbonyl (C=O) groups is 2. The second-order valence-corrected chi connectivity index (χ2v) is 2.60. The first-order chi connectivity index (χ1) is 6.58. The predicted octanol–water partition coefficient (Wildman–Crippen LogP) is 0.323. The number of carboxylic acid groups (broad SMARTS) is 1. The third-order valence-corrected chi connectivity index (χ3v) is 1.28. The summed E-state index contributed by atoms with van der Waals surface area (Å²) in [6.07, 6.45) is 2.00. The molecule has 0 aromatic rings. The first-order valence-electron chi connectivity index (χ1n) is 4.17. The van der Waals surface area contributed by atoms with Gasteiger partial charge in [-0.2, -0.15) is 12.6 Å². The Bertz CT molecular complexity index is 160. The molecule has 84 valence electrons. The van der Waals surface area contributed by atoms with Gasteiger partial charge in [0.2, 0.25) is 0 Å². The van der Waals surface area contributed by atoms with Gasteiger partial charge in [0, 0.05) is 0 Å². The molecule has 0 spiro atoms. The fourth-order valence-corrected chi connectivity index (χ4v) is 0.467. The molecule has 0 atom stereocenters. The molecule has 0 bridgehead atoms. The maximum Gasteiger partial charge on any atom is 0.329 e. The Morgan fingerprint density at radius 2 is 1.93 bits per heavy atom. The van der Waals surface area contributed by atoms with Gasteiger partial charge in [-0.3, -0.25) is 4.79 Å². The Hall–Kier alpha value is -0.750. The zero-order valence-electron chi connectivity index (χ0n) is 8.10. The topological polar surface area (TPSA) is 83.8 Å². The quantitative estimate of drug-likeness (QED) is 0.356. The van der Waals surface area contributed by atoms with E-state index >= 15 is 0 Å². The maximum atomic E-state index is 10.4. The van der Waals surface area contributed by atoms with Gasteiger partial charge < -0.3 is 14.9 Å². The fourth-order valence-electron chi connectivity index (χ4n) is 0.376. The van der Waals surface area contributed by atoms with Crippen LogP contribution in [0.4, 0.5) is 0 Å². The molecule has 0 radical (unpaired) electrons. The highest BCUT2D eigenvalue weighted by Gasteiger charge is 1.95. The molecule has 2 N–H and O–H groups in total. The minimum absolute atomic E-state index is 0.184. The van der Waals surface area contributed by atoms with Gasteiger partial charge >= 0.3 is 11.9 Å².